The number of nitrogens with zero attached hydrogens (tertiary/aromatic N) is 3. The summed E-state index contributed by atoms with van der Waals surface area (Å²) in [5.74, 6) is 0. The predicted molar refractivity (Wildman–Crippen MR) is 66.0 cm³/mol. The Morgan fingerprint density at radius 1 is 1.59 bits per heavy atom. The number of aromatic nitrogens is 2. The van der Waals surface area contributed by atoms with E-state index in [2.05, 4.69) is 4.98 Å². The normalized spacial score (nSPS) is 10.1. The minimum Gasteiger partial charge on any atom is -0.308 e. The van der Waals surface area contributed by atoms with Crippen LogP contribution in [0.1, 0.15) is 23.2 Å². The Kier molecular flexibility index (Phi) is 3.35. The van der Waals surface area contributed by atoms with Crippen LogP contribution in [0.15, 0.2) is 28.5 Å². The van der Waals surface area contributed by atoms with Crippen LogP contribution >= 0.6 is 11.3 Å². The van der Waals surface area contributed by atoms with Crippen LogP contribution in [-0.2, 0) is 13.0 Å². The van der Waals surface area contributed by atoms with Gasteiger partial charge >= 0.3 is 0 Å². The SMILES string of the molecule is CCc1nc(Cn2cccc(C#N)c2=O)cs1. The summed E-state index contributed by atoms with van der Waals surface area (Å²) in [7, 11) is 0. The highest BCUT2D eigenvalue weighted by Crippen LogP contribution is 2.10. The number of pyridine rings is 1. The number of hydrogen-bond acceptors (Lipinski definition) is 4. The first-order valence-electron chi connectivity index (χ1n) is 5.27. The standard InChI is InChI=1S/C12H11N3OS/c1-2-11-14-10(8-17-11)7-15-5-3-4-9(6-13)12(15)16/h3-5,8H,2,7H2,1H3. The van der Waals surface area contributed by atoms with Crippen molar-refractivity contribution in [3.8, 4) is 6.07 Å². The smallest absolute Gasteiger partial charge is 0.268 e. The van der Waals surface area contributed by atoms with Crippen molar-refractivity contribution in [1.29, 1.82) is 5.26 Å². The van der Waals surface area contributed by atoms with Gasteiger partial charge in [0.25, 0.3) is 5.56 Å². The Labute approximate surface area is 103 Å². The van der Waals surface area contributed by atoms with Crippen LogP contribution in [0.3, 0.4) is 0 Å². The molecule has 0 saturated carbocycles. The Bertz CT molecular complexity index is 621. The highest BCUT2D eigenvalue weighted by Gasteiger charge is 2.05. The quantitative estimate of drug-likeness (QED) is 0.828. The molecule has 0 aliphatic heterocycles. The monoisotopic (exact) mass is 245 g/mol. The lowest BCUT2D eigenvalue weighted by Crippen LogP contribution is -2.22. The minimum atomic E-state index is -0.263. The third-order valence-corrected chi connectivity index (χ3v) is 3.42. The second-order valence-corrected chi connectivity index (χ2v) is 4.50. The molecule has 0 spiro atoms. The third kappa shape index (κ3) is 2.43. The van der Waals surface area contributed by atoms with Gasteiger partial charge in [-0.15, -0.1) is 11.3 Å². The molecular weight excluding hydrogens is 234 g/mol. The average Bonchev–Trinajstić information content (AvgIpc) is 2.79. The average molecular weight is 245 g/mol. The van der Waals surface area contributed by atoms with E-state index < -0.39 is 0 Å². The molecule has 2 heterocycles. The first-order valence-corrected chi connectivity index (χ1v) is 6.15. The largest absolute Gasteiger partial charge is 0.308 e. The van der Waals surface area contributed by atoms with Gasteiger partial charge in [-0.1, -0.05) is 6.92 Å². The van der Waals surface area contributed by atoms with Gasteiger partial charge in [0.1, 0.15) is 11.6 Å². The number of thiazole rings is 1. The Morgan fingerprint density at radius 3 is 3.06 bits per heavy atom. The van der Waals surface area contributed by atoms with Crippen LogP contribution in [-0.4, -0.2) is 9.55 Å². The van der Waals surface area contributed by atoms with Crippen molar-refractivity contribution < 1.29 is 0 Å². The summed E-state index contributed by atoms with van der Waals surface area (Å²) >= 11 is 1.59. The highest BCUT2D eigenvalue weighted by molar-refractivity contribution is 7.09. The van der Waals surface area contributed by atoms with E-state index in [-0.39, 0.29) is 11.1 Å². The van der Waals surface area contributed by atoms with Crippen molar-refractivity contribution in [3.63, 3.8) is 0 Å². The summed E-state index contributed by atoms with van der Waals surface area (Å²) in [4.78, 5) is 16.2. The zero-order chi connectivity index (χ0) is 12.3. The van der Waals surface area contributed by atoms with E-state index in [1.807, 2.05) is 18.4 Å². The van der Waals surface area contributed by atoms with E-state index in [1.54, 1.807) is 23.6 Å². The van der Waals surface area contributed by atoms with Crippen molar-refractivity contribution in [2.45, 2.75) is 19.9 Å². The van der Waals surface area contributed by atoms with Gasteiger partial charge in [-0.3, -0.25) is 4.79 Å². The van der Waals surface area contributed by atoms with Gasteiger partial charge in [0.2, 0.25) is 0 Å². The third-order valence-electron chi connectivity index (χ3n) is 2.37. The molecule has 2 rings (SSSR count). The first-order chi connectivity index (χ1) is 8.24. The fourth-order valence-electron chi connectivity index (χ4n) is 1.50. The van der Waals surface area contributed by atoms with Crippen LogP contribution in [0.5, 0.6) is 0 Å². The molecule has 0 fully saturated rings. The molecule has 0 aliphatic carbocycles. The molecule has 2 aromatic rings. The van der Waals surface area contributed by atoms with Gasteiger partial charge in [-0.05, 0) is 18.6 Å². The van der Waals surface area contributed by atoms with Crippen LogP contribution in [0, 0.1) is 11.3 Å². The number of aryl methyl sites for hydroxylation is 1. The lowest BCUT2D eigenvalue weighted by atomic mass is 10.3. The summed E-state index contributed by atoms with van der Waals surface area (Å²) in [5.41, 5.74) is 0.767. The van der Waals surface area contributed by atoms with Crippen molar-refractivity contribution in [3.05, 3.63) is 50.3 Å². The molecule has 17 heavy (non-hydrogen) atoms. The van der Waals surface area contributed by atoms with E-state index in [4.69, 9.17) is 5.26 Å². The molecule has 0 unspecified atom stereocenters. The molecule has 4 nitrogen and oxygen atoms in total. The van der Waals surface area contributed by atoms with Crippen LogP contribution in [0.25, 0.3) is 0 Å². The minimum absolute atomic E-state index is 0.165. The van der Waals surface area contributed by atoms with Crippen molar-refractivity contribution in [1.82, 2.24) is 9.55 Å². The van der Waals surface area contributed by atoms with Crippen molar-refractivity contribution in [2.24, 2.45) is 0 Å². The molecule has 5 heteroatoms. The van der Waals surface area contributed by atoms with E-state index in [0.717, 1.165) is 17.1 Å². The lowest BCUT2D eigenvalue weighted by Gasteiger charge is -2.02. The molecule has 0 atom stereocenters. The maximum atomic E-state index is 11.8. The van der Waals surface area contributed by atoms with Crippen LogP contribution < -0.4 is 5.56 Å². The second-order valence-electron chi connectivity index (χ2n) is 3.55. The van der Waals surface area contributed by atoms with E-state index in [0.29, 0.717) is 6.54 Å². The van der Waals surface area contributed by atoms with E-state index in [1.165, 1.54) is 10.6 Å². The van der Waals surface area contributed by atoms with Gasteiger partial charge in [0.15, 0.2) is 0 Å². The van der Waals surface area contributed by atoms with Gasteiger partial charge in [0.05, 0.1) is 17.2 Å². The summed E-state index contributed by atoms with van der Waals surface area (Å²) in [6.45, 7) is 2.47. The molecule has 0 aliphatic rings. The van der Waals surface area contributed by atoms with Crippen LogP contribution in [0.2, 0.25) is 0 Å². The van der Waals surface area contributed by atoms with Gasteiger partial charge in [0, 0.05) is 11.6 Å². The van der Waals surface area contributed by atoms with E-state index >= 15 is 0 Å². The Hall–Kier alpha value is -1.93. The maximum absolute atomic E-state index is 11.8. The van der Waals surface area contributed by atoms with E-state index in [9.17, 15) is 4.79 Å². The summed E-state index contributed by atoms with van der Waals surface area (Å²) in [6, 6.07) is 5.11. The number of nitriles is 1. The summed E-state index contributed by atoms with van der Waals surface area (Å²) < 4.78 is 1.51. The zero-order valence-corrected chi connectivity index (χ0v) is 10.2. The number of hydrogen-bond donors (Lipinski definition) is 0. The predicted octanol–water partition coefficient (Wildman–Crippen LogP) is 1.79. The molecule has 0 N–H and O–H groups in total. The highest BCUT2D eigenvalue weighted by atomic mass is 32.1. The van der Waals surface area contributed by atoms with Gasteiger partial charge in [-0.25, -0.2) is 4.98 Å². The molecule has 86 valence electrons. The molecule has 0 saturated heterocycles. The topological polar surface area (TPSA) is 58.7 Å². The Morgan fingerprint density at radius 2 is 2.41 bits per heavy atom. The molecule has 0 bridgehead atoms. The first kappa shape index (κ1) is 11.6. The molecule has 2 aromatic heterocycles. The van der Waals surface area contributed by atoms with Gasteiger partial charge < -0.3 is 4.57 Å². The molecule has 0 amide bonds. The molecular formula is C12H11N3OS. The lowest BCUT2D eigenvalue weighted by molar-refractivity contribution is 0.738. The van der Waals surface area contributed by atoms with Crippen LogP contribution in [0.4, 0.5) is 0 Å². The van der Waals surface area contributed by atoms with Crippen molar-refractivity contribution in [2.75, 3.05) is 0 Å². The molecule has 0 radical (unpaired) electrons. The van der Waals surface area contributed by atoms with Crippen molar-refractivity contribution >= 4 is 11.3 Å². The zero-order valence-electron chi connectivity index (χ0n) is 9.38. The second kappa shape index (κ2) is 4.93. The fourth-order valence-corrected chi connectivity index (χ4v) is 2.24. The Balaban J connectivity index is 2.31. The fraction of sp³-hybridized carbons (Fsp3) is 0.250. The molecule has 0 aromatic carbocycles. The maximum Gasteiger partial charge on any atom is 0.268 e. The van der Waals surface area contributed by atoms with Gasteiger partial charge in [-0.2, -0.15) is 5.26 Å². The summed E-state index contributed by atoms with van der Waals surface area (Å²) in [6.07, 6.45) is 2.58. The number of rotatable bonds is 3. The summed E-state index contributed by atoms with van der Waals surface area (Å²) in [5, 5.41) is 11.8.